The Morgan fingerprint density at radius 3 is 2.53 bits per heavy atom. The fourth-order valence-electron chi connectivity index (χ4n) is 3.00. The maximum atomic E-state index is 3.77. The van der Waals surface area contributed by atoms with Crippen molar-refractivity contribution in [2.75, 3.05) is 26.2 Å². The highest BCUT2D eigenvalue weighted by Crippen LogP contribution is 2.30. The van der Waals surface area contributed by atoms with Crippen LogP contribution in [0.2, 0.25) is 0 Å². The average molecular weight is 268 g/mol. The van der Waals surface area contributed by atoms with Crippen molar-refractivity contribution < 1.29 is 0 Å². The van der Waals surface area contributed by atoms with Crippen LogP contribution in [0.4, 0.5) is 0 Å². The first-order valence-corrected chi connectivity index (χ1v) is 8.44. The molecule has 2 unspecified atom stereocenters. The van der Waals surface area contributed by atoms with Crippen LogP contribution in [-0.4, -0.2) is 37.1 Å². The molecule has 0 aromatic rings. The lowest BCUT2D eigenvalue weighted by molar-refractivity contribution is 0.208. The Morgan fingerprint density at radius 2 is 1.89 bits per heavy atom. The van der Waals surface area contributed by atoms with Gasteiger partial charge in [-0.2, -0.15) is 0 Å². The number of nitrogens with zero attached hydrogens (tertiary/aromatic N) is 1. The van der Waals surface area contributed by atoms with Crippen molar-refractivity contribution in [3.05, 3.63) is 0 Å². The quantitative estimate of drug-likeness (QED) is 0.753. The maximum absolute atomic E-state index is 3.77. The van der Waals surface area contributed by atoms with E-state index in [1.54, 1.807) is 0 Å². The van der Waals surface area contributed by atoms with Gasteiger partial charge in [-0.05, 0) is 56.7 Å². The van der Waals surface area contributed by atoms with Crippen LogP contribution in [0, 0.1) is 11.3 Å². The van der Waals surface area contributed by atoms with E-state index in [9.17, 15) is 0 Å². The van der Waals surface area contributed by atoms with Crippen molar-refractivity contribution >= 4 is 0 Å². The summed E-state index contributed by atoms with van der Waals surface area (Å²) in [7, 11) is 0. The molecule has 1 heterocycles. The van der Waals surface area contributed by atoms with Gasteiger partial charge in [-0.1, -0.05) is 41.0 Å². The van der Waals surface area contributed by atoms with Gasteiger partial charge in [-0.25, -0.2) is 0 Å². The fraction of sp³-hybridized carbons (Fsp3) is 1.00. The van der Waals surface area contributed by atoms with E-state index >= 15 is 0 Å². The lowest BCUT2D eigenvalue weighted by Crippen LogP contribution is -2.45. The summed E-state index contributed by atoms with van der Waals surface area (Å²) in [5, 5.41) is 3.77. The number of likely N-dealkylation sites (tertiary alicyclic amines) is 1. The van der Waals surface area contributed by atoms with E-state index < -0.39 is 0 Å². The molecule has 1 N–H and O–H groups in total. The SMILES string of the molecule is CCCNC(CN1CCCC(C)(C)CC1)C(C)CC. The van der Waals surface area contributed by atoms with E-state index in [2.05, 4.69) is 44.8 Å². The normalized spacial score (nSPS) is 23.8. The van der Waals surface area contributed by atoms with E-state index in [4.69, 9.17) is 0 Å². The van der Waals surface area contributed by atoms with Crippen molar-refractivity contribution in [1.29, 1.82) is 0 Å². The largest absolute Gasteiger partial charge is 0.312 e. The molecule has 0 aromatic heterocycles. The third kappa shape index (κ3) is 6.27. The van der Waals surface area contributed by atoms with Gasteiger partial charge in [0.05, 0.1) is 0 Å². The molecule has 2 nitrogen and oxygen atoms in total. The molecule has 0 radical (unpaired) electrons. The molecule has 0 aliphatic carbocycles. The maximum Gasteiger partial charge on any atom is 0.0220 e. The van der Waals surface area contributed by atoms with Crippen LogP contribution >= 0.6 is 0 Å². The lowest BCUT2D eigenvalue weighted by atomic mass is 9.85. The minimum atomic E-state index is 0.553. The Hall–Kier alpha value is -0.0800. The molecular weight excluding hydrogens is 232 g/mol. The minimum absolute atomic E-state index is 0.553. The van der Waals surface area contributed by atoms with Crippen LogP contribution in [-0.2, 0) is 0 Å². The Bertz CT molecular complexity index is 237. The Morgan fingerprint density at radius 1 is 1.16 bits per heavy atom. The van der Waals surface area contributed by atoms with Gasteiger partial charge in [0.25, 0.3) is 0 Å². The highest BCUT2D eigenvalue weighted by molar-refractivity contribution is 4.81. The van der Waals surface area contributed by atoms with Crippen LogP contribution in [0.5, 0.6) is 0 Å². The monoisotopic (exact) mass is 268 g/mol. The van der Waals surface area contributed by atoms with Crippen LogP contribution in [0.15, 0.2) is 0 Å². The smallest absolute Gasteiger partial charge is 0.0220 e. The summed E-state index contributed by atoms with van der Waals surface area (Å²) in [5.41, 5.74) is 0.553. The van der Waals surface area contributed by atoms with E-state index in [1.807, 2.05) is 0 Å². The highest BCUT2D eigenvalue weighted by Gasteiger charge is 2.25. The van der Waals surface area contributed by atoms with Gasteiger partial charge in [-0.15, -0.1) is 0 Å². The van der Waals surface area contributed by atoms with Crippen molar-refractivity contribution in [2.24, 2.45) is 11.3 Å². The van der Waals surface area contributed by atoms with E-state index in [-0.39, 0.29) is 0 Å². The fourth-order valence-corrected chi connectivity index (χ4v) is 3.00. The van der Waals surface area contributed by atoms with Gasteiger partial charge < -0.3 is 10.2 Å². The second-order valence-electron chi connectivity index (χ2n) is 7.26. The average Bonchev–Trinajstić information content (AvgIpc) is 2.55. The number of hydrogen-bond donors (Lipinski definition) is 1. The van der Waals surface area contributed by atoms with Crippen LogP contribution in [0.1, 0.15) is 66.7 Å². The van der Waals surface area contributed by atoms with Gasteiger partial charge in [0, 0.05) is 12.6 Å². The molecule has 114 valence electrons. The summed E-state index contributed by atoms with van der Waals surface area (Å²) in [6, 6.07) is 0.672. The first-order valence-electron chi connectivity index (χ1n) is 8.44. The van der Waals surface area contributed by atoms with Crippen molar-refractivity contribution in [2.45, 2.75) is 72.8 Å². The standard InChI is InChI=1S/C17H36N2/c1-6-11-18-16(15(3)7-2)14-19-12-8-9-17(4,5)10-13-19/h15-16,18H,6-14H2,1-5H3. The van der Waals surface area contributed by atoms with Crippen LogP contribution in [0.25, 0.3) is 0 Å². The summed E-state index contributed by atoms with van der Waals surface area (Å²) < 4.78 is 0. The zero-order valence-corrected chi connectivity index (χ0v) is 14.0. The zero-order chi connectivity index (χ0) is 14.3. The molecule has 1 aliphatic heterocycles. The third-order valence-corrected chi connectivity index (χ3v) is 4.87. The highest BCUT2D eigenvalue weighted by atomic mass is 15.2. The first-order chi connectivity index (χ1) is 8.98. The molecular formula is C17H36N2. The van der Waals surface area contributed by atoms with Crippen molar-refractivity contribution in [3.8, 4) is 0 Å². The number of nitrogens with one attached hydrogen (secondary N) is 1. The topological polar surface area (TPSA) is 15.3 Å². The molecule has 1 rings (SSSR count). The molecule has 0 saturated carbocycles. The third-order valence-electron chi connectivity index (χ3n) is 4.87. The summed E-state index contributed by atoms with van der Waals surface area (Å²) in [5.74, 6) is 0.780. The first kappa shape index (κ1) is 17.0. The van der Waals surface area contributed by atoms with Crippen molar-refractivity contribution in [3.63, 3.8) is 0 Å². The molecule has 0 aromatic carbocycles. The van der Waals surface area contributed by atoms with Crippen LogP contribution < -0.4 is 5.32 Å². The van der Waals surface area contributed by atoms with Gasteiger partial charge in [0.2, 0.25) is 0 Å². The lowest BCUT2D eigenvalue weighted by Gasteiger charge is -2.31. The van der Waals surface area contributed by atoms with Gasteiger partial charge in [0.15, 0.2) is 0 Å². The number of rotatable bonds is 7. The molecule has 1 aliphatic rings. The second kappa shape index (κ2) is 8.26. The van der Waals surface area contributed by atoms with Gasteiger partial charge in [-0.3, -0.25) is 0 Å². The molecule has 0 spiro atoms. The predicted octanol–water partition coefficient (Wildman–Crippen LogP) is 3.91. The molecule has 2 atom stereocenters. The van der Waals surface area contributed by atoms with Crippen molar-refractivity contribution in [1.82, 2.24) is 10.2 Å². The van der Waals surface area contributed by atoms with E-state index in [0.717, 1.165) is 12.5 Å². The molecule has 0 bridgehead atoms. The molecule has 1 fully saturated rings. The molecule has 1 saturated heterocycles. The summed E-state index contributed by atoms with van der Waals surface area (Å²) in [4.78, 5) is 2.70. The van der Waals surface area contributed by atoms with E-state index in [1.165, 1.54) is 51.7 Å². The Labute approximate surface area is 121 Å². The summed E-state index contributed by atoms with van der Waals surface area (Å²) in [6.07, 6.45) is 6.63. The zero-order valence-electron chi connectivity index (χ0n) is 14.0. The Kier molecular flexibility index (Phi) is 7.38. The molecule has 19 heavy (non-hydrogen) atoms. The van der Waals surface area contributed by atoms with Gasteiger partial charge in [0.1, 0.15) is 0 Å². The molecule has 2 heteroatoms. The summed E-state index contributed by atoms with van der Waals surface area (Å²) in [6.45, 7) is 16.8. The van der Waals surface area contributed by atoms with Gasteiger partial charge >= 0.3 is 0 Å². The second-order valence-corrected chi connectivity index (χ2v) is 7.26. The van der Waals surface area contributed by atoms with Crippen LogP contribution in [0.3, 0.4) is 0 Å². The predicted molar refractivity (Wildman–Crippen MR) is 85.6 cm³/mol. The number of hydrogen-bond acceptors (Lipinski definition) is 2. The minimum Gasteiger partial charge on any atom is -0.312 e. The van der Waals surface area contributed by atoms with E-state index in [0.29, 0.717) is 11.5 Å². The molecule has 0 amide bonds. The summed E-state index contributed by atoms with van der Waals surface area (Å²) >= 11 is 0. The Balaban J connectivity index is 2.48.